The molecule has 0 spiro atoms. The molecular weight excluding hydrogens is 444 g/mol. The summed E-state index contributed by atoms with van der Waals surface area (Å²) >= 11 is 0. The van der Waals surface area contributed by atoms with E-state index in [0.717, 1.165) is 12.8 Å². The van der Waals surface area contributed by atoms with Crippen LogP contribution < -0.4 is 10.6 Å². The van der Waals surface area contributed by atoms with Crippen LogP contribution in [0, 0.1) is 6.92 Å². The van der Waals surface area contributed by atoms with E-state index in [1.165, 1.54) is 16.4 Å². The van der Waals surface area contributed by atoms with Crippen molar-refractivity contribution in [1.29, 1.82) is 0 Å². The molecule has 9 nitrogen and oxygen atoms in total. The van der Waals surface area contributed by atoms with Crippen molar-refractivity contribution in [3.8, 4) is 0 Å². The van der Waals surface area contributed by atoms with Crippen molar-refractivity contribution >= 4 is 27.5 Å². The van der Waals surface area contributed by atoms with Gasteiger partial charge < -0.3 is 15.1 Å². The van der Waals surface area contributed by atoms with E-state index in [4.69, 9.17) is 4.42 Å². The minimum atomic E-state index is -3.59. The van der Waals surface area contributed by atoms with Gasteiger partial charge in [0.1, 0.15) is 5.76 Å². The summed E-state index contributed by atoms with van der Waals surface area (Å²) in [4.78, 5) is 27.0. The minimum Gasteiger partial charge on any atom is -0.456 e. The molecule has 1 fully saturated rings. The lowest BCUT2D eigenvalue weighted by Crippen LogP contribution is -2.46. The Kier molecular flexibility index (Phi) is 8.28. The average Bonchev–Trinajstić information content (AvgIpc) is 3.22. The number of sulfonamides is 1. The Bertz CT molecular complexity index is 1070. The van der Waals surface area contributed by atoms with Crippen molar-refractivity contribution in [2.75, 3.05) is 38.0 Å². The van der Waals surface area contributed by atoms with Crippen molar-refractivity contribution in [3.05, 3.63) is 47.9 Å². The van der Waals surface area contributed by atoms with Crippen LogP contribution in [0.1, 0.15) is 43.0 Å². The van der Waals surface area contributed by atoms with Gasteiger partial charge in [0, 0.05) is 37.9 Å². The van der Waals surface area contributed by atoms with Gasteiger partial charge in [-0.25, -0.2) is 8.42 Å². The molecule has 1 aromatic heterocycles. The highest BCUT2D eigenvalue weighted by molar-refractivity contribution is 7.89. The van der Waals surface area contributed by atoms with Gasteiger partial charge in [0.25, 0.3) is 5.91 Å². The number of nitrogens with one attached hydrogen (secondary N) is 2. The number of rotatable bonds is 9. The van der Waals surface area contributed by atoms with E-state index in [1.807, 2.05) is 4.90 Å². The standard InChI is InChI=1S/C23H32N4O5S/c1-4-27(5-2)33(30,31)20-8-6-7-19(15-20)24-22(28)16-26-13-11-18(12-14-26)25-23(29)21-10-9-17(3)32-21/h6-10,15,18H,4-5,11-14,16H2,1-3H3,(H,24,28)(H,25,29). The molecule has 0 atom stereocenters. The second-order valence-corrected chi connectivity index (χ2v) is 10.0. The van der Waals surface area contributed by atoms with Crippen LogP contribution in [0.25, 0.3) is 0 Å². The molecular formula is C23H32N4O5S. The topological polar surface area (TPSA) is 112 Å². The molecule has 33 heavy (non-hydrogen) atoms. The van der Waals surface area contributed by atoms with Crippen LogP contribution in [-0.4, -0.2) is 68.2 Å². The lowest BCUT2D eigenvalue weighted by molar-refractivity contribution is -0.117. The summed E-state index contributed by atoms with van der Waals surface area (Å²) in [5, 5.41) is 5.78. The predicted molar refractivity (Wildman–Crippen MR) is 126 cm³/mol. The second-order valence-electron chi connectivity index (χ2n) is 8.10. The first-order chi connectivity index (χ1) is 15.7. The molecule has 0 saturated carbocycles. The quantitative estimate of drug-likeness (QED) is 0.575. The van der Waals surface area contributed by atoms with Crippen LogP contribution in [-0.2, 0) is 14.8 Å². The monoisotopic (exact) mass is 476 g/mol. The van der Waals surface area contributed by atoms with Crippen molar-refractivity contribution in [3.63, 3.8) is 0 Å². The fourth-order valence-corrected chi connectivity index (χ4v) is 5.40. The first kappa shape index (κ1) is 24.9. The van der Waals surface area contributed by atoms with Crippen LogP contribution >= 0.6 is 0 Å². The summed E-state index contributed by atoms with van der Waals surface area (Å²) in [7, 11) is -3.59. The van der Waals surface area contributed by atoms with Crippen molar-refractivity contribution in [2.45, 2.75) is 44.6 Å². The summed E-state index contributed by atoms with van der Waals surface area (Å²) in [5.74, 6) is 0.566. The zero-order valence-corrected chi connectivity index (χ0v) is 20.2. The van der Waals surface area contributed by atoms with Gasteiger partial charge in [-0.3, -0.25) is 14.5 Å². The van der Waals surface area contributed by atoms with Crippen molar-refractivity contribution in [2.24, 2.45) is 0 Å². The molecule has 10 heteroatoms. The fraction of sp³-hybridized carbons (Fsp3) is 0.478. The molecule has 0 radical (unpaired) electrons. The van der Waals surface area contributed by atoms with Gasteiger partial charge in [0.2, 0.25) is 15.9 Å². The number of amides is 2. The van der Waals surface area contributed by atoms with E-state index in [2.05, 4.69) is 10.6 Å². The highest BCUT2D eigenvalue weighted by Gasteiger charge is 2.24. The molecule has 180 valence electrons. The number of carbonyl (C=O) groups excluding carboxylic acids is 2. The maximum Gasteiger partial charge on any atom is 0.287 e. The summed E-state index contributed by atoms with van der Waals surface area (Å²) < 4.78 is 32.2. The number of likely N-dealkylation sites (tertiary alicyclic amines) is 1. The number of furan rings is 1. The highest BCUT2D eigenvalue weighted by atomic mass is 32.2. The number of anilines is 1. The lowest BCUT2D eigenvalue weighted by Gasteiger charge is -2.31. The Labute approximate surface area is 195 Å². The van der Waals surface area contributed by atoms with Gasteiger partial charge in [0.15, 0.2) is 5.76 Å². The molecule has 2 heterocycles. The van der Waals surface area contributed by atoms with Gasteiger partial charge in [-0.15, -0.1) is 0 Å². The van der Waals surface area contributed by atoms with E-state index in [0.29, 0.717) is 43.4 Å². The summed E-state index contributed by atoms with van der Waals surface area (Å²) in [6, 6.07) is 9.77. The third kappa shape index (κ3) is 6.43. The first-order valence-electron chi connectivity index (χ1n) is 11.2. The molecule has 0 bridgehead atoms. The second kappa shape index (κ2) is 11.0. The number of carbonyl (C=O) groups is 2. The third-order valence-electron chi connectivity index (χ3n) is 5.72. The van der Waals surface area contributed by atoms with Gasteiger partial charge >= 0.3 is 0 Å². The van der Waals surface area contributed by atoms with E-state index in [1.54, 1.807) is 45.0 Å². The Balaban J connectivity index is 1.49. The number of benzene rings is 1. The number of hydrogen-bond donors (Lipinski definition) is 2. The van der Waals surface area contributed by atoms with E-state index in [-0.39, 0.29) is 29.3 Å². The number of piperidine rings is 1. The molecule has 1 saturated heterocycles. The lowest BCUT2D eigenvalue weighted by atomic mass is 10.0. The fourth-order valence-electron chi connectivity index (χ4n) is 3.90. The van der Waals surface area contributed by atoms with Gasteiger partial charge in [0.05, 0.1) is 11.4 Å². The summed E-state index contributed by atoms with van der Waals surface area (Å²) in [5.41, 5.74) is 0.448. The smallest absolute Gasteiger partial charge is 0.287 e. The minimum absolute atomic E-state index is 0.0317. The molecule has 0 unspecified atom stereocenters. The molecule has 3 rings (SSSR count). The number of aryl methyl sites for hydroxylation is 1. The SMILES string of the molecule is CCN(CC)S(=O)(=O)c1cccc(NC(=O)CN2CCC(NC(=O)c3ccc(C)o3)CC2)c1. The first-order valence-corrected chi connectivity index (χ1v) is 12.7. The largest absolute Gasteiger partial charge is 0.456 e. The van der Waals surface area contributed by atoms with E-state index >= 15 is 0 Å². The summed E-state index contributed by atoms with van der Waals surface area (Å²) in [6.45, 7) is 7.68. The van der Waals surface area contributed by atoms with Crippen LogP contribution in [0.3, 0.4) is 0 Å². The van der Waals surface area contributed by atoms with Crippen LogP contribution in [0.15, 0.2) is 45.7 Å². The molecule has 1 aliphatic heterocycles. The highest BCUT2D eigenvalue weighted by Crippen LogP contribution is 2.20. The summed E-state index contributed by atoms with van der Waals surface area (Å²) in [6.07, 6.45) is 1.46. The molecule has 1 aliphatic rings. The maximum atomic E-state index is 12.7. The average molecular weight is 477 g/mol. The molecule has 2 N–H and O–H groups in total. The Morgan fingerprint density at radius 3 is 2.42 bits per heavy atom. The normalized spacial score (nSPS) is 15.5. The van der Waals surface area contributed by atoms with E-state index < -0.39 is 10.0 Å². The van der Waals surface area contributed by atoms with E-state index in [9.17, 15) is 18.0 Å². The van der Waals surface area contributed by atoms with Crippen molar-refractivity contribution < 1.29 is 22.4 Å². The third-order valence-corrected chi connectivity index (χ3v) is 7.76. The Morgan fingerprint density at radius 2 is 1.82 bits per heavy atom. The molecule has 2 amide bonds. The molecule has 1 aromatic carbocycles. The molecule has 2 aromatic rings. The van der Waals surface area contributed by atoms with Crippen LogP contribution in [0.2, 0.25) is 0 Å². The number of hydrogen-bond acceptors (Lipinski definition) is 6. The van der Waals surface area contributed by atoms with Gasteiger partial charge in [-0.2, -0.15) is 4.31 Å². The zero-order chi connectivity index (χ0) is 24.0. The van der Waals surface area contributed by atoms with Gasteiger partial charge in [-0.05, 0) is 50.1 Å². The predicted octanol–water partition coefficient (Wildman–Crippen LogP) is 2.45. The zero-order valence-electron chi connectivity index (χ0n) is 19.3. The maximum absolute atomic E-state index is 12.7. The number of nitrogens with zero attached hydrogens (tertiary/aromatic N) is 2. The van der Waals surface area contributed by atoms with Crippen LogP contribution in [0.4, 0.5) is 5.69 Å². The molecule has 0 aliphatic carbocycles. The Hall–Kier alpha value is -2.69. The van der Waals surface area contributed by atoms with Crippen molar-refractivity contribution in [1.82, 2.24) is 14.5 Å². The van der Waals surface area contributed by atoms with Crippen LogP contribution in [0.5, 0.6) is 0 Å². The Morgan fingerprint density at radius 1 is 1.12 bits per heavy atom. The van der Waals surface area contributed by atoms with Gasteiger partial charge in [-0.1, -0.05) is 19.9 Å².